The van der Waals surface area contributed by atoms with Crippen LogP contribution in [0.5, 0.6) is 0 Å². The molecule has 0 aliphatic carbocycles. The highest BCUT2D eigenvalue weighted by Gasteiger charge is 2.04. The van der Waals surface area contributed by atoms with Gasteiger partial charge in [-0.3, -0.25) is 0 Å². The Balaban J connectivity index is 3.14. The Labute approximate surface area is 72.9 Å². The normalized spacial score (nSPS) is 9.92. The Morgan fingerprint density at radius 3 is 2.58 bits per heavy atom. The molecule has 0 amide bonds. The van der Waals surface area contributed by atoms with Crippen LogP contribution < -0.4 is 0 Å². The average molecular weight is 160 g/mol. The van der Waals surface area contributed by atoms with Gasteiger partial charge in [-0.1, -0.05) is 13.8 Å². The van der Waals surface area contributed by atoms with Crippen LogP contribution >= 0.6 is 0 Å². The summed E-state index contributed by atoms with van der Waals surface area (Å²) in [7, 11) is 0. The van der Waals surface area contributed by atoms with Gasteiger partial charge in [-0.2, -0.15) is 5.26 Å². The van der Waals surface area contributed by atoms with Crippen LogP contribution in [0.1, 0.15) is 36.6 Å². The second kappa shape index (κ2) is 3.36. The van der Waals surface area contributed by atoms with Gasteiger partial charge in [-0.25, -0.2) is 4.98 Å². The molecule has 0 saturated heterocycles. The summed E-state index contributed by atoms with van der Waals surface area (Å²) in [6.07, 6.45) is 1.79. The van der Waals surface area contributed by atoms with Crippen LogP contribution in [0.15, 0.2) is 12.3 Å². The number of pyridine rings is 1. The number of aromatic nitrogens is 1. The van der Waals surface area contributed by atoms with E-state index in [2.05, 4.69) is 18.8 Å². The van der Waals surface area contributed by atoms with E-state index in [9.17, 15) is 0 Å². The number of aryl methyl sites for hydroxylation is 1. The van der Waals surface area contributed by atoms with E-state index in [4.69, 9.17) is 5.26 Å². The summed E-state index contributed by atoms with van der Waals surface area (Å²) in [6, 6.07) is 3.85. The number of rotatable bonds is 1. The highest BCUT2D eigenvalue weighted by atomic mass is 14.7. The second-order valence-electron chi connectivity index (χ2n) is 3.19. The molecule has 2 nitrogen and oxygen atoms in total. The van der Waals surface area contributed by atoms with Crippen molar-refractivity contribution in [2.45, 2.75) is 26.7 Å². The van der Waals surface area contributed by atoms with E-state index in [1.807, 2.05) is 19.1 Å². The van der Waals surface area contributed by atoms with Crippen LogP contribution in [0.4, 0.5) is 0 Å². The fraction of sp³-hybridized carbons (Fsp3) is 0.400. The molecule has 0 aliphatic rings. The van der Waals surface area contributed by atoms with Crippen molar-refractivity contribution >= 4 is 0 Å². The molecule has 1 aromatic heterocycles. The molecule has 0 spiro atoms. The van der Waals surface area contributed by atoms with Gasteiger partial charge in [0.2, 0.25) is 0 Å². The molecule has 1 heterocycles. The van der Waals surface area contributed by atoms with Crippen molar-refractivity contribution in [1.82, 2.24) is 4.98 Å². The quantitative estimate of drug-likeness (QED) is 0.632. The lowest BCUT2D eigenvalue weighted by Gasteiger charge is -2.07. The molecule has 0 N–H and O–H groups in total. The first-order chi connectivity index (χ1) is 5.65. The third-order valence-corrected chi connectivity index (χ3v) is 1.89. The fourth-order valence-corrected chi connectivity index (χ4v) is 1.23. The predicted molar refractivity (Wildman–Crippen MR) is 47.8 cm³/mol. The van der Waals surface area contributed by atoms with Crippen molar-refractivity contribution in [1.29, 1.82) is 5.26 Å². The molecule has 0 aromatic carbocycles. The SMILES string of the molecule is Cc1cc(C#N)ncc1C(C)C. The number of hydrogen-bond donors (Lipinski definition) is 0. The van der Waals surface area contributed by atoms with Gasteiger partial charge in [-0.05, 0) is 30.0 Å². The summed E-state index contributed by atoms with van der Waals surface area (Å²) < 4.78 is 0. The molecular weight excluding hydrogens is 148 g/mol. The minimum Gasteiger partial charge on any atom is -0.245 e. The lowest BCUT2D eigenvalue weighted by molar-refractivity contribution is 0.846. The van der Waals surface area contributed by atoms with Crippen molar-refractivity contribution in [3.05, 3.63) is 29.1 Å². The third-order valence-electron chi connectivity index (χ3n) is 1.89. The molecule has 0 bridgehead atoms. The molecule has 1 rings (SSSR count). The Morgan fingerprint density at radius 2 is 2.17 bits per heavy atom. The van der Waals surface area contributed by atoms with Crippen molar-refractivity contribution in [3.63, 3.8) is 0 Å². The molecule has 0 saturated carbocycles. The Kier molecular flexibility index (Phi) is 2.44. The highest BCUT2D eigenvalue weighted by molar-refractivity contribution is 5.32. The molecule has 12 heavy (non-hydrogen) atoms. The van der Waals surface area contributed by atoms with Gasteiger partial charge in [0, 0.05) is 6.20 Å². The first kappa shape index (κ1) is 8.73. The minimum atomic E-state index is 0.477. The zero-order valence-corrected chi connectivity index (χ0v) is 7.63. The van der Waals surface area contributed by atoms with E-state index in [1.54, 1.807) is 6.20 Å². The molecule has 0 fully saturated rings. The van der Waals surface area contributed by atoms with Gasteiger partial charge >= 0.3 is 0 Å². The monoisotopic (exact) mass is 160 g/mol. The Bertz CT molecular complexity index is 321. The minimum absolute atomic E-state index is 0.477. The summed E-state index contributed by atoms with van der Waals surface area (Å²) in [4.78, 5) is 4.02. The van der Waals surface area contributed by atoms with Crippen molar-refractivity contribution in [2.75, 3.05) is 0 Å². The van der Waals surface area contributed by atoms with Crippen LogP contribution in [-0.4, -0.2) is 4.98 Å². The number of hydrogen-bond acceptors (Lipinski definition) is 2. The first-order valence-corrected chi connectivity index (χ1v) is 4.01. The van der Waals surface area contributed by atoms with E-state index in [-0.39, 0.29) is 0 Å². The largest absolute Gasteiger partial charge is 0.245 e. The zero-order valence-electron chi connectivity index (χ0n) is 7.63. The molecule has 0 atom stereocenters. The van der Waals surface area contributed by atoms with Gasteiger partial charge in [0.25, 0.3) is 0 Å². The molecule has 0 aliphatic heterocycles. The third kappa shape index (κ3) is 1.62. The lowest BCUT2D eigenvalue weighted by atomic mass is 10.0. The van der Waals surface area contributed by atoms with Gasteiger partial charge in [-0.15, -0.1) is 0 Å². The van der Waals surface area contributed by atoms with Crippen molar-refractivity contribution in [2.24, 2.45) is 0 Å². The van der Waals surface area contributed by atoms with Crippen molar-refractivity contribution in [3.8, 4) is 6.07 Å². The molecule has 0 radical (unpaired) electrons. The molecular formula is C10H12N2. The van der Waals surface area contributed by atoms with Crippen LogP contribution in [0.25, 0.3) is 0 Å². The molecule has 0 unspecified atom stereocenters. The maximum atomic E-state index is 8.58. The van der Waals surface area contributed by atoms with Crippen LogP contribution in [0.3, 0.4) is 0 Å². The van der Waals surface area contributed by atoms with E-state index >= 15 is 0 Å². The second-order valence-corrected chi connectivity index (χ2v) is 3.19. The zero-order chi connectivity index (χ0) is 9.14. The van der Waals surface area contributed by atoms with E-state index in [0.717, 1.165) is 5.56 Å². The summed E-state index contributed by atoms with van der Waals surface area (Å²) in [5.41, 5.74) is 2.86. The van der Waals surface area contributed by atoms with Crippen LogP contribution in [-0.2, 0) is 0 Å². The fourth-order valence-electron chi connectivity index (χ4n) is 1.23. The molecule has 2 heteroatoms. The standard InChI is InChI=1S/C10H12N2/c1-7(2)10-6-12-9(5-11)4-8(10)3/h4,6-7H,1-3H3. The van der Waals surface area contributed by atoms with Crippen molar-refractivity contribution < 1.29 is 0 Å². The van der Waals surface area contributed by atoms with Gasteiger partial charge in [0.1, 0.15) is 11.8 Å². The van der Waals surface area contributed by atoms with E-state index in [1.165, 1.54) is 5.56 Å². The lowest BCUT2D eigenvalue weighted by Crippen LogP contribution is -1.94. The first-order valence-electron chi connectivity index (χ1n) is 4.01. The molecule has 1 aromatic rings. The average Bonchev–Trinajstić information content (AvgIpc) is 2.03. The summed E-state index contributed by atoms with van der Waals surface area (Å²) in [5, 5.41) is 8.58. The summed E-state index contributed by atoms with van der Waals surface area (Å²) >= 11 is 0. The summed E-state index contributed by atoms with van der Waals surface area (Å²) in [6.45, 7) is 6.25. The van der Waals surface area contributed by atoms with Gasteiger partial charge in [0.05, 0.1) is 0 Å². The summed E-state index contributed by atoms with van der Waals surface area (Å²) in [5.74, 6) is 0.477. The van der Waals surface area contributed by atoms with Gasteiger partial charge < -0.3 is 0 Å². The Morgan fingerprint density at radius 1 is 1.50 bits per heavy atom. The Hall–Kier alpha value is -1.36. The van der Waals surface area contributed by atoms with Crippen LogP contribution in [0.2, 0.25) is 0 Å². The smallest absolute Gasteiger partial charge is 0.140 e. The van der Waals surface area contributed by atoms with E-state index < -0.39 is 0 Å². The number of nitrogens with zero attached hydrogens (tertiary/aromatic N) is 2. The maximum Gasteiger partial charge on any atom is 0.140 e. The maximum absolute atomic E-state index is 8.58. The highest BCUT2D eigenvalue weighted by Crippen LogP contribution is 2.17. The van der Waals surface area contributed by atoms with E-state index in [0.29, 0.717) is 11.6 Å². The topological polar surface area (TPSA) is 36.7 Å². The van der Waals surface area contributed by atoms with Gasteiger partial charge in [0.15, 0.2) is 0 Å². The molecule has 62 valence electrons. The number of nitriles is 1. The van der Waals surface area contributed by atoms with Crippen LogP contribution in [0, 0.1) is 18.3 Å². The predicted octanol–water partition coefficient (Wildman–Crippen LogP) is 2.39.